The fourth-order valence-electron chi connectivity index (χ4n) is 3.10. The van der Waals surface area contributed by atoms with E-state index in [1.165, 1.54) is 7.11 Å². The number of carbonyl (C=O) groups is 2. The van der Waals surface area contributed by atoms with E-state index in [-0.39, 0.29) is 17.6 Å². The van der Waals surface area contributed by atoms with Crippen molar-refractivity contribution < 1.29 is 19.1 Å². The lowest BCUT2D eigenvalue weighted by molar-refractivity contribution is -0.117. The van der Waals surface area contributed by atoms with E-state index in [0.717, 1.165) is 11.1 Å². The number of hydrogen-bond donors (Lipinski definition) is 1. The Morgan fingerprint density at radius 3 is 2.27 bits per heavy atom. The van der Waals surface area contributed by atoms with Crippen molar-refractivity contribution in [2.24, 2.45) is 0 Å². The molecule has 6 nitrogen and oxygen atoms in total. The van der Waals surface area contributed by atoms with Gasteiger partial charge in [0, 0.05) is 0 Å². The molecule has 166 valence electrons. The van der Waals surface area contributed by atoms with E-state index in [0.29, 0.717) is 23.5 Å². The van der Waals surface area contributed by atoms with Crippen LogP contribution in [-0.2, 0) is 16.1 Å². The van der Waals surface area contributed by atoms with E-state index < -0.39 is 5.91 Å². The molecule has 0 aliphatic rings. The molecule has 3 rings (SSSR count). The van der Waals surface area contributed by atoms with Crippen LogP contribution in [0.15, 0.2) is 84.4 Å². The van der Waals surface area contributed by atoms with Gasteiger partial charge in [-0.15, -0.1) is 0 Å². The summed E-state index contributed by atoms with van der Waals surface area (Å²) in [4.78, 5) is 24.0. The average molecular weight is 440 g/mol. The summed E-state index contributed by atoms with van der Waals surface area (Å²) >= 11 is 0. The lowest BCUT2D eigenvalue weighted by Crippen LogP contribution is -2.27. The van der Waals surface area contributed by atoms with Crippen molar-refractivity contribution in [1.82, 2.24) is 5.32 Å². The number of rotatable bonds is 8. The first-order valence-electron chi connectivity index (χ1n) is 10.4. The molecule has 0 bridgehead atoms. The van der Waals surface area contributed by atoms with Crippen LogP contribution in [-0.4, -0.2) is 19.0 Å². The Morgan fingerprint density at radius 1 is 1.00 bits per heavy atom. The van der Waals surface area contributed by atoms with Gasteiger partial charge in [-0.1, -0.05) is 54.6 Å². The Balaban J connectivity index is 1.59. The molecule has 1 amide bonds. The van der Waals surface area contributed by atoms with Gasteiger partial charge in [-0.25, -0.2) is 4.79 Å². The van der Waals surface area contributed by atoms with Crippen LogP contribution in [0.2, 0.25) is 0 Å². The Hall–Kier alpha value is -4.37. The van der Waals surface area contributed by atoms with Gasteiger partial charge in [0.05, 0.1) is 18.7 Å². The molecule has 33 heavy (non-hydrogen) atoms. The number of esters is 1. The number of carbonyl (C=O) groups excluding carboxylic acids is 2. The van der Waals surface area contributed by atoms with E-state index in [4.69, 9.17) is 4.74 Å². The summed E-state index contributed by atoms with van der Waals surface area (Å²) in [7, 11) is 1.34. The van der Waals surface area contributed by atoms with Gasteiger partial charge in [-0.3, -0.25) is 4.79 Å². The highest BCUT2D eigenvalue weighted by atomic mass is 16.5. The normalized spacial score (nSPS) is 11.7. The third-order valence-corrected chi connectivity index (χ3v) is 4.98. The highest BCUT2D eigenvalue weighted by Gasteiger charge is 2.13. The summed E-state index contributed by atoms with van der Waals surface area (Å²) in [5.74, 6) is -0.166. The zero-order valence-electron chi connectivity index (χ0n) is 18.4. The number of amides is 1. The molecule has 0 radical (unpaired) electrons. The number of nitrogens with zero attached hydrogens (tertiary/aromatic N) is 1. The van der Waals surface area contributed by atoms with Crippen LogP contribution >= 0.6 is 0 Å². The van der Waals surface area contributed by atoms with Crippen molar-refractivity contribution in [2.75, 3.05) is 7.11 Å². The fourth-order valence-corrected chi connectivity index (χ4v) is 3.10. The molecule has 0 saturated carbocycles. The van der Waals surface area contributed by atoms with Crippen molar-refractivity contribution in [2.45, 2.75) is 19.6 Å². The van der Waals surface area contributed by atoms with Gasteiger partial charge in [0.15, 0.2) is 0 Å². The number of nitrogens with one attached hydrogen (secondary N) is 1. The maximum Gasteiger partial charge on any atom is 0.337 e. The average Bonchev–Trinajstić information content (AvgIpc) is 2.87. The second-order valence-corrected chi connectivity index (χ2v) is 7.32. The molecule has 0 spiro atoms. The van der Waals surface area contributed by atoms with E-state index >= 15 is 0 Å². The first-order chi connectivity index (χ1) is 16.0. The summed E-state index contributed by atoms with van der Waals surface area (Å²) in [6.07, 6.45) is 1.54. The SMILES string of the molecule is COC(=O)c1ccc(COc2ccc(/C=C(\C#N)C(=O)NC(C)c3ccccc3)cc2)cc1. The molecule has 1 N–H and O–H groups in total. The number of methoxy groups -OCH3 is 1. The zero-order valence-corrected chi connectivity index (χ0v) is 18.4. The Kier molecular flexibility index (Phi) is 7.98. The molecule has 0 fully saturated rings. The van der Waals surface area contributed by atoms with Gasteiger partial charge in [0.25, 0.3) is 5.91 Å². The fraction of sp³-hybridized carbons (Fsp3) is 0.148. The standard InChI is InChI=1S/C27H24N2O4/c1-19(22-6-4-3-5-7-22)29-26(30)24(17-28)16-20-10-14-25(15-11-20)33-18-21-8-12-23(13-9-21)27(31)32-2/h3-16,19H,18H2,1-2H3,(H,29,30)/b24-16+. The van der Waals surface area contributed by atoms with Crippen LogP contribution in [0, 0.1) is 11.3 Å². The van der Waals surface area contributed by atoms with Crippen molar-refractivity contribution in [1.29, 1.82) is 5.26 Å². The third-order valence-electron chi connectivity index (χ3n) is 4.98. The smallest absolute Gasteiger partial charge is 0.337 e. The monoisotopic (exact) mass is 440 g/mol. The van der Waals surface area contributed by atoms with Crippen molar-refractivity contribution in [3.8, 4) is 11.8 Å². The molecule has 1 unspecified atom stereocenters. The minimum absolute atomic E-state index is 0.0251. The maximum absolute atomic E-state index is 12.5. The predicted molar refractivity (Wildman–Crippen MR) is 125 cm³/mol. The van der Waals surface area contributed by atoms with E-state index in [2.05, 4.69) is 10.1 Å². The predicted octanol–water partition coefficient (Wildman–Crippen LogP) is 4.84. The van der Waals surface area contributed by atoms with Crippen molar-refractivity contribution >= 4 is 18.0 Å². The van der Waals surface area contributed by atoms with Gasteiger partial charge in [0.2, 0.25) is 0 Å². The first-order valence-corrected chi connectivity index (χ1v) is 10.4. The van der Waals surface area contributed by atoms with Crippen LogP contribution in [0.4, 0.5) is 0 Å². The molecule has 0 aliphatic heterocycles. The molecule has 0 aromatic heterocycles. The highest BCUT2D eigenvalue weighted by Crippen LogP contribution is 2.18. The van der Waals surface area contributed by atoms with Crippen LogP contribution < -0.4 is 10.1 Å². The quantitative estimate of drug-likeness (QED) is 0.308. The van der Waals surface area contributed by atoms with Crippen LogP contribution in [0.3, 0.4) is 0 Å². The minimum atomic E-state index is -0.426. The third kappa shape index (κ3) is 6.55. The summed E-state index contributed by atoms with van der Waals surface area (Å²) in [5.41, 5.74) is 3.08. The molecule has 0 aliphatic carbocycles. The summed E-state index contributed by atoms with van der Waals surface area (Å²) < 4.78 is 10.5. The number of benzene rings is 3. The van der Waals surface area contributed by atoms with Crippen LogP contribution in [0.1, 0.15) is 40.0 Å². The lowest BCUT2D eigenvalue weighted by atomic mass is 10.1. The molecule has 3 aromatic carbocycles. The van der Waals surface area contributed by atoms with E-state index in [1.54, 1.807) is 54.6 Å². The molecule has 6 heteroatoms. The van der Waals surface area contributed by atoms with Gasteiger partial charge in [-0.05, 0) is 54.0 Å². The van der Waals surface area contributed by atoms with Gasteiger partial charge >= 0.3 is 5.97 Å². The largest absolute Gasteiger partial charge is 0.489 e. The Bertz CT molecular complexity index is 1160. The Labute approximate surface area is 193 Å². The minimum Gasteiger partial charge on any atom is -0.489 e. The number of ether oxygens (including phenoxy) is 2. The van der Waals surface area contributed by atoms with Crippen LogP contribution in [0.5, 0.6) is 5.75 Å². The van der Waals surface area contributed by atoms with Crippen LogP contribution in [0.25, 0.3) is 6.08 Å². The second-order valence-electron chi connectivity index (χ2n) is 7.32. The maximum atomic E-state index is 12.5. The molecule has 3 aromatic rings. The molecule has 0 heterocycles. The molecule has 1 atom stereocenters. The summed E-state index contributed by atoms with van der Waals surface area (Å²) in [5, 5.41) is 12.3. The molecular formula is C27H24N2O4. The zero-order chi connectivity index (χ0) is 23.6. The van der Waals surface area contributed by atoms with E-state index in [1.807, 2.05) is 43.3 Å². The van der Waals surface area contributed by atoms with Crippen molar-refractivity contribution in [3.05, 3.63) is 107 Å². The van der Waals surface area contributed by atoms with Gasteiger partial charge < -0.3 is 14.8 Å². The topological polar surface area (TPSA) is 88.4 Å². The van der Waals surface area contributed by atoms with Gasteiger partial charge in [0.1, 0.15) is 24.0 Å². The first kappa shape index (κ1) is 23.3. The molecule has 0 saturated heterocycles. The number of nitriles is 1. The van der Waals surface area contributed by atoms with E-state index in [9.17, 15) is 14.9 Å². The second kappa shape index (κ2) is 11.3. The summed E-state index contributed by atoms with van der Waals surface area (Å²) in [6, 6.07) is 25.4. The van der Waals surface area contributed by atoms with Gasteiger partial charge in [-0.2, -0.15) is 5.26 Å². The number of hydrogen-bond acceptors (Lipinski definition) is 5. The lowest BCUT2D eigenvalue weighted by Gasteiger charge is -2.13. The highest BCUT2D eigenvalue weighted by molar-refractivity contribution is 6.01. The van der Waals surface area contributed by atoms with Crippen molar-refractivity contribution in [3.63, 3.8) is 0 Å². The molecular weight excluding hydrogens is 416 g/mol. The summed E-state index contributed by atoms with van der Waals surface area (Å²) in [6.45, 7) is 2.21. The Morgan fingerprint density at radius 2 is 1.67 bits per heavy atom.